The highest BCUT2D eigenvalue weighted by atomic mass is 16.5. The van der Waals surface area contributed by atoms with Gasteiger partial charge in [-0.15, -0.1) is 0 Å². The number of nitrogens with one attached hydrogen (secondary N) is 1. The Morgan fingerprint density at radius 2 is 2.06 bits per heavy atom. The van der Waals surface area contributed by atoms with E-state index in [1.807, 2.05) is 31.2 Å². The fourth-order valence-corrected chi connectivity index (χ4v) is 3.65. The molecule has 0 saturated carbocycles. The number of nitrogens with two attached hydrogens (primary N) is 1. The van der Waals surface area contributed by atoms with Crippen LogP contribution in [0.25, 0.3) is 22.3 Å². The summed E-state index contributed by atoms with van der Waals surface area (Å²) in [4.78, 5) is 16.3. The van der Waals surface area contributed by atoms with Gasteiger partial charge >= 0.3 is 0 Å². The molecule has 0 fully saturated rings. The fourth-order valence-electron chi connectivity index (χ4n) is 3.65. The van der Waals surface area contributed by atoms with E-state index in [1.54, 1.807) is 20.2 Å². The SMILES string of the molecule is CCCc1cccc(OCC)c1-c1ccc2[nH]c(O)c(C(C)=N/C(C=NC)=C/N)c2n1. The predicted molar refractivity (Wildman–Crippen MR) is 127 cm³/mol. The normalized spacial score (nSPS) is 12.8. The average molecular weight is 420 g/mol. The molecule has 7 heteroatoms. The van der Waals surface area contributed by atoms with Crippen molar-refractivity contribution in [3.05, 3.63) is 53.4 Å². The topological polar surface area (TPSA) is 109 Å². The Labute approximate surface area is 182 Å². The van der Waals surface area contributed by atoms with Crippen molar-refractivity contribution in [3.8, 4) is 22.9 Å². The summed E-state index contributed by atoms with van der Waals surface area (Å²) in [7, 11) is 1.65. The van der Waals surface area contributed by atoms with Crippen molar-refractivity contribution in [2.45, 2.75) is 33.6 Å². The van der Waals surface area contributed by atoms with Gasteiger partial charge in [-0.3, -0.25) is 4.99 Å². The zero-order valence-corrected chi connectivity index (χ0v) is 18.4. The van der Waals surface area contributed by atoms with Crippen LogP contribution in [0.15, 0.2) is 52.2 Å². The second-order valence-electron chi connectivity index (χ2n) is 7.09. The summed E-state index contributed by atoms with van der Waals surface area (Å²) in [6.45, 7) is 6.50. The van der Waals surface area contributed by atoms with Crippen LogP contribution in [0.2, 0.25) is 0 Å². The molecular formula is C24H29N5O2. The molecule has 0 unspecified atom stereocenters. The van der Waals surface area contributed by atoms with Crippen LogP contribution >= 0.6 is 0 Å². The monoisotopic (exact) mass is 419 g/mol. The maximum atomic E-state index is 10.6. The third kappa shape index (κ3) is 4.60. The van der Waals surface area contributed by atoms with Crippen LogP contribution < -0.4 is 10.5 Å². The number of nitrogens with zero attached hydrogens (tertiary/aromatic N) is 3. The van der Waals surface area contributed by atoms with Crippen LogP contribution in [0.1, 0.15) is 38.3 Å². The van der Waals surface area contributed by atoms with Gasteiger partial charge < -0.3 is 20.6 Å². The molecule has 0 spiro atoms. The number of benzene rings is 1. The first-order valence-corrected chi connectivity index (χ1v) is 10.4. The minimum absolute atomic E-state index is 0.0117. The average Bonchev–Trinajstić information content (AvgIpc) is 3.09. The Hall–Kier alpha value is -3.61. The van der Waals surface area contributed by atoms with Crippen LogP contribution in [0.5, 0.6) is 11.6 Å². The second kappa shape index (κ2) is 9.93. The number of aromatic nitrogens is 2. The smallest absolute Gasteiger partial charge is 0.200 e. The highest BCUT2D eigenvalue weighted by molar-refractivity contribution is 6.12. The van der Waals surface area contributed by atoms with Gasteiger partial charge in [0.2, 0.25) is 0 Å². The number of fused-ring (bicyclic) bond motifs is 1. The predicted octanol–water partition coefficient (Wildman–Crippen LogP) is 4.60. The van der Waals surface area contributed by atoms with Crippen molar-refractivity contribution in [2.75, 3.05) is 13.7 Å². The molecule has 0 atom stereocenters. The minimum Gasteiger partial charge on any atom is -0.494 e. The zero-order valence-electron chi connectivity index (χ0n) is 18.4. The Morgan fingerprint density at radius 1 is 1.26 bits per heavy atom. The Morgan fingerprint density at radius 3 is 2.74 bits per heavy atom. The van der Waals surface area contributed by atoms with Gasteiger partial charge in [0.25, 0.3) is 0 Å². The van der Waals surface area contributed by atoms with Crippen LogP contribution in [0, 0.1) is 0 Å². The lowest BCUT2D eigenvalue weighted by Gasteiger charge is -2.14. The van der Waals surface area contributed by atoms with Crippen LogP contribution in [-0.2, 0) is 6.42 Å². The molecule has 1 aromatic carbocycles. The summed E-state index contributed by atoms with van der Waals surface area (Å²) in [6.07, 6.45) is 4.86. The van der Waals surface area contributed by atoms with E-state index in [0.717, 1.165) is 35.4 Å². The fraction of sp³-hybridized carbons (Fsp3) is 0.292. The lowest BCUT2D eigenvalue weighted by Crippen LogP contribution is -2.01. The van der Waals surface area contributed by atoms with Crippen LogP contribution in [0.3, 0.4) is 0 Å². The number of pyridine rings is 1. The molecule has 0 aliphatic rings. The number of H-pyrrole nitrogens is 1. The molecule has 0 saturated heterocycles. The quantitative estimate of drug-likeness (QED) is 0.464. The van der Waals surface area contributed by atoms with Gasteiger partial charge in [-0.25, -0.2) is 9.98 Å². The Bertz CT molecular complexity index is 1130. The van der Waals surface area contributed by atoms with Gasteiger partial charge in [-0.1, -0.05) is 25.5 Å². The van der Waals surface area contributed by atoms with Gasteiger partial charge in [-0.05, 0) is 44.0 Å². The van der Waals surface area contributed by atoms with E-state index in [9.17, 15) is 5.11 Å². The summed E-state index contributed by atoms with van der Waals surface area (Å²) in [6, 6.07) is 9.95. The molecule has 2 aromatic heterocycles. The second-order valence-corrected chi connectivity index (χ2v) is 7.09. The first-order chi connectivity index (χ1) is 15.0. The molecule has 0 radical (unpaired) electrons. The van der Waals surface area contributed by atoms with Crippen molar-refractivity contribution in [1.82, 2.24) is 9.97 Å². The standard InChI is InChI=1S/C24H29N5O2/c1-5-8-16-9-7-10-20(31-6-2)22(16)18-11-12-19-23(28-18)21(24(30)29-19)15(3)27-17(13-25)14-26-4/h7,9-14,29-30H,5-6,8,25H2,1-4H3/b17-13+,26-14?,27-15?. The molecule has 0 bridgehead atoms. The highest BCUT2D eigenvalue weighted by Gasteiger charge is 2.19. The van der Waals surface area contributed by atoms with Crippen molar-refractivity contribution in [3.63, 3.8) is 0 Å². The van der Waals surface area contributed by atoms with Crippen molar-refractivity contribution in [2.24, 2.45) is 15.7 Å². The van der Waals surface area contributed by atoms with E-state index in [0.29, 0.717) is 29.1 Å². The van der Waals surface area contributed by atoms with Crippen molar-refractivity contribution in [1.29, 1.82) is 0 Å². The van der Waals surface area contributed by atoms with E-state index < -0.39 is 0 Å². The number of aromatic hydroxyl groups is 1. The largest absolute Gasteiger partial charge is 0.494 e. The lowest BCUT2D eigenvalue weighted by atomic mass is 9.98. The molecule has 4 N–H and O–H groups in total. The lowest BCUT2D eigenvalue weighted by molar-refractivity contribution is 0.341. The highest BCUT2D eigenvalue weighted by Crippen LogP contribution is 2.36. The zero-order chi connectivity index (χ0) is 22.4. The van der Waals surface area contributed by atoms with Gasteiger partial charge in [0.05, 0.1) is 34.8 Å². The summed E-state index contributed by atoms with van der Waals surface area (Å²) in [5.74, 6) is 0.817. The van der Waals surface area contributed by atoms with Crippen molar-refractivity contribution < 1.29 is 9.84 Å². The number of hydrogen-bond donors (Lipinski definition) is 3. The number of rotatable bonds is 8. The van der Waals surface area contributed by atoms with Crippen LogP contribution in [-0.4, -0.2) is 40.7 Å². The summed E-state index contributed by atoms with van der Waals surface area (Å²) in [5.41, 5.74) is 11.6. The molecule has 0 aliphatic heterocycles. The third-order valence-electron chi connectivity index (χ3n) is 4.90. The molecule has 2 heterocycles. The number of ether oxygens (including phenoxy) is 1. The van der Waals surface area contributed by atoms with Crippen molar-refractivity contribution >= 4 is 23.0 Å². The molecule has 3 aromatic rings. The number of allylic oxidation sites excluding steroid dienone is 1. The molecule has 3 rings (SSSR count). The number of aryl methyl sites for hydroxylation is 1. The molecule has 31 heavy (non-hydrogen) atoms. The van der Waals surface area contributed by atoms with E-state index >= 15 is 0 Å². The molecule has 0 amide bonds. The number of hydrogen-bond acceptors (Lipinski definition) is 6. The maximum Gasteiger partial charge on any atom is 0.200 e. The molecular weight excluding hydrogens is 390 g/mol. The Kier molecular flexibility index (Phi) is 7.07. The maximum absolute atomic E-state index is 10.6. The number of aliphatic imine (C=N–C) groups is 2. The van der Waals surface area contributed by atoms with Gasteiger partial charge in [0, 0.05) is 25.0 Å². The van der Waals surface area contributed by atoms with E-state index in [1.165, 1.54) is 11.8 Å². The third-order valence-corrected chi connectivity index (χ3v) is 4.90. The summed E-state index contributed by atoms with van der Waals surface area (Å²) < 4.78 is 5.91. The molecule has 0 aliphatic carbocycles. The molecule has 7 nitrogen and oxygen atoms in total. The summed E-state index contributed by atoms with van der Waals surface area (Å²) >= 11 is 0. The first kappa shape index (κ1) is 22.1. The van der Waals surface area contributed by atoms with E-state index in [-0.39, 0.29) is 5.88 Å². The minimum atomic E-state index is 0.0117. The van der Waals surface area contributed by atoms with E-state index in [4.69, 9.17) is 15.5 Å². The van der Waals surface area contributed by atoms with E-state index in [2.05, 4.69) is 28.0 Å². The van der Waals surface area contributed by atoms with Gasteiger partial charge in [0.15, 0.2) is 5.88 Å². The number of aromatic amines is 1. The van der Waals surface area contributed by atoms with Gasteiger partial charge in [0.1, 0.15) is 11.3 Å². The van der Waals surface area contributed by atoms with Gasteiger partial charge in [-0.2, -0.15) is 0 Å². The summed E-state index contributed by atoms with van der Waals surface area (Å²) in [5, 5.41) is 10.6. The Balaban J connectivity index is 2.21. The first-order valence-electron chi connectivity index (χ1n) is 10.4. The van der Waals surface area contributed by atoms with Crippen LogP contribution in [0.4, 0.5) is 0 Å². The molecule has 162 valence electrons.